The standard InChI is InChI=1S/C63H124N2O6/c1-9-15-19-21-26-34-46-59(45-33-20-16-10-2)63(68)69-54-42-32-31-39-52-65(53-41-40-51-64(7)8)60(47-35-27-22-24-29-37-49-61(66)70-55-57(13-5)43-17-11-3)48-36-28-23-25-30-38-50-62(67)71-56-58(14-6)44-18-12-4/h57-60H,9-56H2,1-8H3. The van der Waals surface area contributed by atoms with Crippen molar-refractivity contribution in [2.45, 2.75) is 317 Å². The predicted molar refractivity (Wildman–Crippen MR) is 305 cm³/mol. The van der Waals surface area contributed by atoms with Crippen LogP contribution in [-0.4, -0.2) is 87.3 Å². The number of nitrogens with zero attached hydrogens (tertiary/aromatic N) is 2. The summed E-state index contributed by atoms with van der Waals surface area (Å²) in [6.07, 6.45) is 48.5. The van der Waals surface area contributed by atoms with Gasteiger partial charge < -0.3 is 24.0 Å². The van der Waals surface area contributed by atoms with Gasteiger partial charge in [0, 0.05) is 18.9 Å². The molecule has 0 aliphatic rings. The van der Waals surface area contributed by atoms with Crippen molar-refractivity contribution in [1.29, 1.82) is 0 Å². The molecule has 8 heteroatoms. The molecule has 0 N–H and O–H groups in total. The van der Waals surface area contributed by atoms with Crippen molar-refractivity contribution in [3.63, 3.8) is 0 Å². The molecule has 0 spiro atoms. The average molecular weight is 1010 g/mol. The van der Waals surface area contributed by atoms with Crippen LogP contribution in [-0.2, 0) is 28.6 Å². The second-order valence-electron chi connectivity index (χ2n) is 22.4. The van der Waals surface area contributed by atoms with Crippen LogP contribution in [0.4, 0.5) is 0 Å². The van der Waals surface area contributed by atoms with Crippen LogP contribution in [0.5, 0.6) is 0 Å². The van der Waals surface area contributed by atoms with Gasteiger partial charge in [-0.2, -0.15) is 0 Å². The number of unbranched alkanes of at least 4 members (excludes halogenated alkanes) is 24. The van der Waals surface area contributed by atoms with E-state index in [4.69, 9.17) is 14.2 Å². The quantitative estimate of drug-likeness (QED) is 0.0338. The molecule has 0 heterocycles. The minimum atomic E-state index is -0.00842. The zero-order valence-electron chi connectivity index (χ0n) is 49.1. The maximum atomic E-state index is 13.3. The fraction of sp³-hybridized carbons (Fsp3) is 0.952. The fourth-order valence-electron chi connectivity index (χ4n) is 10.2. The Hall–Kier alpha value is -1.67. The Morgan fingerprint density at radius 1 is 0.366 bits per heavy atom. The zero-order chi connectivity index (χ0) is 52.3. The number of esters is 3. The highest BCUT2D eigenvalue weighted by Gasteiger charge is 2.21. The van der Waals surface area contributed by atoms with Crippen molar-refractivity contribution < 1.29 is 28.6 Å². The molecule has 0 aromatic carbocycles. The van der Waals surface area contributed by atoms with Gasteiger partial charge in [0.05, 0.1) is 25.7 Å². The summed E-state index contributed by atoms with van der Waals surface area (Å²) in [6.45, 7) is 18.6. The topological polar surface area (TPSA) is 85.4 Å². The van der Waals surface area contributed by atoms with Crippen molar-refractivity contribution in [3.8, 4) is 0 Å². The Kier molecular flexibility index (Phi) is 51.9. The number of hydrogen-bond donors (Lipinski definition) is 0. The molecule has 3 unspecified atom stereocenters. The van der Waals surface area contributed by atoms with Crippen LogP contribution in [0.25, 0.3) is 0 Å². The van der Waals surface area contributed by atoms with Crippen molar-refractivity contribution in [2.75, 3.05) is 53.6 Å². The van der Waals surface area contributed by atoms with Crippen molar-refractivity contribution in [1.82, 2.24) is 9.80 Å². The lowest BCUT2D eigenvalue weighted by Gasteiger charge is -2.32. The second-order valence-corrected chi connectivity index (χ2v) is 22.4. The number of carbonyl (C=O) groups is 3. The number of rotatable bonds is 56. The molecule has 0 saturated heterocycles. The molecular formula is C63H124N2O6. The lowest BCUT2D eigenvalue weighted by Crippen LogP contribution is -2.37. The monoisotopic (exact) mass is 1000 g/mol. The Balaban J connectivity index is 5.22. The van der Waals surface area contributed by atoms with E-state index < -0.39 is 0 Å². The van der Waals surface area contributed by atoms with Gasteiger partial charge >= 0.3 is 17.9 Å². The largest absolute Gasteiger partial charge is 0.465 e. The van der Waals surface area contributed by atoms with E-state index in [2.05, 4.69) is 65.4 Å². The molecule has 0 amide bonds. The van der Waals surface area contributed by atoms with Crippen LogP contribution in [0.15, 0.2) is 0 Å². The summed E-state index contributed by atoms with van der Waals surface area (Å²) in [5.41, 5.74) is 0. The molecule has 0 aromatic heterocycles. The van der Waals surface area contributed by atoms with Crippen molar-refractivity contribution in [3.05, 3.63) is 0 Å². The normalized spacial score (nSPS) is 13.4. The van der Waals surface area contributed by atoms with Crippen molar-refractivity contribution in [2.24, 2.45) is 17.8 Å². The number of hydrogen-bond acceptors (Lipinski definition) is 8. The van der Waals surface area contributed by atoms with Gasteiger partial charge in [0.25, 0.3) is 0 Å². The average Bonchev–Trinajstić information content (AvgIpc) is 3.36. The first-order chi connectivity index (χ1) is 34.6. The third kappa shape index (κ3) is 45.4. The molecule has 71 heavy (non-hydrogen) atoms. The van der Waals surface area contributed by atoms with Gasteiger partial charge in [0.15, 0.2) is 0 Å². The minimum Gasteiger partial charge on any atom is -0.465 e. The summed E-state index contributed by atoms with van der Waals surface area (Å²) in [6, 6.07) is 0.620. The zero-order valence-corrected chi connectivity index (χ0v) is 49.1. The number of carbonyl (C=O) groups excluding carboxylic acids is 3. The first-order valence-corrected chi connectivity index (χ1v) is 31.5. The van der Waals surface area contributed by atoms with Crippen LogP contribution >= 0.6 is 0 Å². The molecule has 0 radical (unpaired) electrons. The van der Waals surface area contributed by atoms with Gasteiger partial charge in [-0.05, 0) is 123 Å². The smallest absolute Gasteiger partial charge is 0.308 e. The highest BCUT2D eigenvalue weighted by atomic mass is 16.5. The van der Waals surface area contributed by atoms with Gasteiger partial charge in [-0.3, -0.25) is 14.4 Å². The third-order valence-electron chi connectivity index (χ3n) is 15.4. The molecule has 0 aromatic rings. The summed E-state index contributed by atoms with van der Waals surface area (Å²) >= 11 is 0. The van der Waals surface area contributed by atoms with Crippen molar-refractivity contribution >= 4 is 17.9 Å². The van der Waals surface area contributed by atoms with E-state index in [-0.39, 0.29) is 23.8 Å². The second kappa shape index (κ2) is 53.2. The van der Waals surface area contributed by atoms with Gasteiger partial charge in [0.1, 0.15) is 0 Å². The van der Waals surface area contributed by atoms with Gasteiger partial charge in [-0.15, -0.1) is 0 Å². The van der Waals surface area contributed by atoms with Crippen LogP contribution in [0.2, 0.25) is 0 Å². The Morgan fingerprint density at radius 2 is 0.732 bits per heavy atom. The van der Waals surface area contributed by atoms with E-state index >= 15 is 0 Å². The lowest BCUT2D eigenvalue weighted by molar-refractivity contribution is -0.149. The SMILES string of the molecule is CCCCCCCCC(CCCCCC)C(=O)OCCCCCCN(CCCCN(C)C)C(CCCCCCCCC(=O)OCC(CC)CCCC)CCCCCCCCC(=O)OCC(CC)CCCC. The van der Waals surface area contributed by atoms with Crippen LogP contribution < -0.4 is 0 Å². The first kappa shape index (κ1) is 69.3. The number of ether oxygens (including phenoxy) is 3. The molecular weight excluding hydrogens is 881 g/mol. The van der Waals surface area contributed by atoms with Gasteiger partial charge in [-0.1, -0.05) is 221 Å². The molecule has 0 saturated carbocycles. The van der Waals surface area contributed by atoms with E-state index in [0.29, 0.717) is 50.5 Å². The molecule has 0 aliphatic heterocycles. The maximum absolute atomic E-state index is 13.3. The molecule has 3 atom stereocenters. The van der Waals surface area contributed by atoms with Gasteiger partial charge in [-0.25, -0.2) is 0 Å². The molecule has 0 rings (SSSR count). The Morgan fingerprint density at radius 3 is 1.18 bits per heavy atom. The van der Waals surface area contributed by atoms with E-state index in [1.807, 2.05) is 0 Å². The van der Waals surface area contributed by atoms with Crippen LogP contribution in [0.3, 0.4) is 0 Å². The van der Waals surface area contributed by atoms with Gasteiger partial charge in [0.2, 0.25) is 0 Å². The molecule has 0 fully saturated rings. The summed E-state index contributed by atoms with van der Waals surface area (Å²) in [4.78, 5) is 43.3. The Labute approximate surface area is 443 Å². The summed E-state index contributed by atoms with van der Waals surface area (Å²) in [5.74, 6) is 1.15. The van der Waals surface area contributed by atoms with Crippen LogP contribution in [0, 0.1) is 17.8 Å². The Bertz CT molecular complexity index is 1100. The summed E-state index contributed by atoms with van der Waals surface area (Å²) in [7, 11) is 4.37. The predicted octanol–water partition coefficient (Wildman–Crippen LogP) is 18.2. The van der Waals surface area contributed by atoms with E-state index in [1.165, 1.54) is 173 Å². The molecule has 0 bridgehead atoms. The van der Waals surface area contributed by atoms with E-state index in [1.54, 1.807) is 0 Å². The third-order valence-corrected chi connectivity index (χ3v) is 15.4. The van der Waals surface area contributed by atoms with Crippen LogP contribution in [0.1, 0.15) is 311 Å². The van der Waals surface area contributed by atoms with E-state index in [9.17, 15) is 14.4 Å². The summed E-state index contributed by atoms with van der Waals surface area (Å²) in [5, 5.41) is 0. The molecule has 422 valence electrons. The highest BCUT2D eigenvalue weighted by Crippen LogP contribution is 2.24. The fourth-order valence-corrected chi connectivity index (χ4v) is 10.2. The molecule has 8 nitrogen and oxygen atoms in total. The highest BCUT2D eigenvalue weighted by molar-refractivity contribution is 5.72. The summed E-state index contributed by atoms with van der Waals surface area (Å²) < 4.78 is 17.3. The first-order valence-electron chi connectivity index (χ1n) is 31.5. The molecule has 0 aliphatic carbocycles. The lowest BCUT2D eigenvalue weighted by atomic mass is 9.94. The van der Waals surface area contributed by atoms with E-state index in [0.717, 1.165) is 103 Å². The minimum absolute atomic E-state index is 0.00842. The maximum Gasteiger partial charge on any atom is 0.308 e.